The summed E-state index contributed by atoms with van der Waals surface area (Å²) in [5, 5.41) is -0.124. The van der Waals surface area contributed by atoms with E-state index in [1.54, 1.807) is 6.92 Å². The van der Waals surface area contributed by atoms with Crippen LogP contribution in [0, 0.1) is 0 Å². The van der Waals surface area contributed by atoms with Gasteiger partial charge in [-0.2, -0.15) is 4.98 Å². The van der Waals surface area contributed by atoms with Gasteiger partial charge in [0.2, 0.25) is 5.28 Å². The van der Waals surface area contributed by atoms with E-state index in [9.17, 15) is 9.59 Å². The van der Waals surface area contributed by atoms with Crippen molar-refractivity contribution in [2.24, 2.45) is 0 Å². The molecule has 0 spiro atoms. The molecule has 0 atom stereocenters. The Labute approximate surface area is 106 Å². The van der Waals surface area contributed by atoms with Crippen molar-refractivity contribution in [3.8, 4) is 0 Å². The minimum Gasteiger partial charge on any atom is -0.465 e. The predicted octanol–water partition coefficient (Wildman–Crippen LogP) is 0.403. The van der Waals surface area contributed by atoms with Crippen LogP contribution in [0.1, 0.15) is 6.92 Å². The Bertz CT molecular complexity index is 655. The molecule has 0 amide bonds. The second kappa shape index (κ2) is 5.09. The van der Waals surface area contributed by atoms with E-state index in [1.807, 2.05) is 0 Å². The molecule has 0 aliphatic heterocycles. The molecule has 0 aliphatic rings. The second-order valence-electron chi connectivity index (χ2n) is 3.31. The molecule has 0 saturated heterocycles. The molecule has 18 heavy (non-hydrogen) atoms. The Balaban J connectivity index is 2.51. The maximum absolute atomic E-state index is 12.0. The van der Waals surface area contributed by atoms with Crippen molar-refractivity contribution < 1.29 is 9.53 Å². The standard InChI is InChI=1S/C10H9ClN4O3/c1-2-18-6(16)5-15-9(17)7-8(14-10(15)11)13-4-3-12-7/h3-4H,2,5H2,1H3. The average Bonchev–Trinajstić information content (AvgIpc) is 2.35. The van der Waals surface area contributed by atoms with Gasteiger partial charge in [-0.25, -0.2) is 9.97 Å². The lowest BCUT2D eigenvalue weighted by molar-refractivity contribution is -0.143. The lowest BCUT2D eigenvalue weighted by Gasteiger charge is -2.07. The predicted molar refractivity (Wildman–Crippen MR) is 63.2 cm³/mol. The van der Waals surface area contributed by atoms with E-state index in [-0.39, 0.29) is 29.6 Å². The van der Waals surface area contributed by atoms with Crippen molar-refractivity contribution in [1.82, 2.24) is 19.5 Å². The Morgan fingerprint density at radius 1 is 1.44 bits per heavy atom. The summed E-state index contributed by atoms with van der Waals surface area (Å²) >= 11 is 5.83. The number of fused-ring (bicyclic) bond motifs is 1. The number of esters is 1. The fourth-order valence-corrected chi connectivity index (χ4v) is 1.61. The first-order valence-electron chi connectivity index (χ1n) is 5.16. The molecular formula is C10H9ClN4O3. The molecule has 2 heterocycles. The fraction of sp³-hybridized carbons (Fsp3) is 0.300. The first-order valence-corrected chi connectivity index (χ1v) is 5.54. The van der Waals surface area contributed by atoms with Crippen molar-refractivity contribution in [1.29, 1.82) is 0 Å². The molecule has 94 valence electrons. The van der Waals surface area contributed by atoms with Gasteiger partial charge in [-0.15, -0.1) is 0 Å². The number of carbonyl (C=O) groups is 1. The third-order valence-electron chi connectivity index (χ3n) is 2.14. The molecule has 2 aromatic rings. The van der Waals surface area contributed by atoms with Gasteiger partial charge < -0.3 is 4.74 Å². The maximum atomic E-state index is 12.0. The van der Waals surface area contributed by atoms with Crippen LogP contribution in [0.25, 0.3) is 11.2 Å². The molecule has 0 aliphatic carbocycles. The molecule has 0 radical (unpaired) electrons. The van der Waals surface area contributed by atoms with Crippen LogP contribution in [-0.2, 0) is 16.1 Å². The summed E-state index contributed by atoms with van der Waals surface area (Å²) in [6.45, 7) is 1.60. The lowest BCUT2D eigenvalue weighted by Crippen LogP contribution is -2.27. The Kier molecular flexibility index (Phi) is 3.52. The van der Waals surface area contributed by atoms with Crippen molar-refractivity contribution >= 4 is 28.7 Å². The van der Waals surface area contributed by atoms with Gasteiger partial charge in [0.1, 0.15) is 6.54 Å². The molecule has 0 unspecified atom stereocenters. The van der Waals surface area contributed by atoms with Gasteiger partial charge in [-0.3, -0.25) is 14.2 Å². The van der Waals surface area contributed by atoms with Crippen molar-refractivity contribution in [3.05, 3.63) is 28.0 Å². The second-order valence-corrected chi connectivity index (χ2v) is 3.64. The summed E-state index contributed by atoms with van der Waals surface area (Å²) in [6, 6.07) is 0. The van der Waals surface area contributed by atoms with Gasteiger partial charge in [0.25, 0.3) is 5.56 Å². The average molecular weight is 269 g/mol. The largest absolute Gasteiger partial charge is 0.465 e. The van der Waals surface area contributed by atoms with Gasteiger partial charge in [0.15, 0.2) is 11.2 Å². The lowest BCUT2D eigenvalue weighted by atomic mass is 10.5. The van der Waals surface area contributed by atoms with E-state index in [2.05, 4.69) is 15.0 Å². The highest BCUT2D eigenvalue weighted by atomic mass is 35.5. The maximum Gasteiger partial charge on any atom is 0.326 e. The van der Waals surface area contributed by atoms with E-state index in [0.717, 1.165) is 4.57 Å². The molecule has 0 aromatic carbocycles. The highest BCUT2D eigenvalue weighted by Gasteiger charge is 2.14. The summed E-state index contributed by atoms with van der Waals surface area (Å²) in [6.07, 6.45) is 2.77. The van der Waals surface area contributed by atoms with Crippen LogP contribution in [-0.4, -0.2) is 32.1 Å². The summed E-state index contributed by atoms with van der Waals surface area (Å²) in [5.41, 5.74) is -0.315. The van der Waals surface area contributed by atoms with Crippen LogP contribution < -0.4 is 5.56 Å². The normalized spacial score (nSPS) is 10.6. The molecule has 7 nitrogen and oxygen atoms in total. The minimum atomic E-state index is -0.563. The Morgan fingerprint density at radius 2 is 2.17 bits per heavy atom. The van der Waals surface area contributed by atoms with Crippen molar-refractivity contribution in [3.63, 3.8) is 0 Å². The van der Waals surface area contributed by atoms with Gasteiger partial charge in [-0.1, -0.05) is 0 Å². The van der Waals surface area contributed by atoms with Crippen molar-refractivity contribution in [2.75, 3.05) is 6.61 Å². The molecule has 0 saturated carbocycles. The fourth-order valence-electron chi connectivity index (χ4n) is 1.40. The van der Waals surface area contributed by atoms with Crippen LogP contribution >= 0.6 is 11.6 Å². The minimum absolute atomic E-state index is 0.0613. The number of halogens is 1. The Hall–Kier alpha value is -2.02. The zero-order valence-corrected chi connectivity index (χ0v) is 10.2. The number of aromatic nitrogens is 4. The summed E-state index contributed by atoms with van der Waals surface area (Å²) in [5.74, 6) is -0.563. The number of nitrogens with zero attached hydrogens (tertiary/aromatic N) is 4. The van der Waals surface area contributed by atoms with E-state index < -0.39 is 11.5 Å². The first-order chi connectivity index (χ1) is 8.63. The third kappa shape index (κ3) is 2.30. The summed E-state index contributed by atoms with van der Waals surface area (Å²) in [4.78, 5) is 35.0. The van der Waals surface area contributed by atoms with Crippen LogP contribution in [0.5, 0.6) is 0 Å². The van der Waals surface area contributed by atoms with Gasteiger partial charge in [0.05, 0.1) is 6.61 Å². The highest BCUT2D eigenvalue weighted by Crippen LogP contribution is 2.07. The summed E-state index contributed by atoms with van der Waals surface area (Å²) < 4.78 is 5.74. The summed E-state index contributed by atoms with van der Waals surface area (Å²) in [7, 11) is 0. The van der Waals surface area contributed by atoms with Gasteiger partial charge in [0, 0.05) is 12.4 Å². The topological polar surface area (TPSA) is 87.0 Å². The number of hydrogen-bond donors (Lipinski definition) is 0. The number of rotatable bonds is 3. The molecule has 8 heteroatoms. The first kappa shape index (κ1) is 12.4. The zero-order chi connectivity index (χ0) is 13.1. The highest BCUT2D eigenvalue weighted by molar-refractivity contribution is 6.28. The van der Waals surface area contributed by atoms with Crippen molar-refractivity contribution in [2.45, 2.75) is 13.5 Å². The van der Waals surface area contributed by atoms with Crippen LogP contribution in [0.2, 0.25) is 5.28 Å². The van der Waals surface area contributed by atoms with E-state index in [1.165, 1.54) is 12.4 Å². The molecular weight excluding hydrogens is 260 g/mol. The molecule has 0 bridgehead atoms. The van der Waals surface area contributed by atoms with Gasteiger partial charge in [-0.05, 0) is 18.5 Å². The quantitative estimate of drug-likeness (QED) is 0.592. The van der Waals surface area contributed by atoms with Crippen LogP contribution in [0.3, 0.4) is 0 Å². The van der Waals surface area contributed by atoms with Crippen LogP contribution in [0.15, 0.2) is 17.2 Å². The molecule has 2 rings (SSSR count). The molecule has 2 aromatic heterocycles. The zero-order valence-electron chi connectivity index (χ0n) is 9.46. The smallest absolute Gasteiger partial charge is 0.326 e. The molecule has 0 N–H and O–H groups in total. The molecule has 0 fully saturated rings. The monoisotopic (exact) mass is 268 g/mol. The van der Waals surface area contributed by atoms with E-state index >= 15 is 0 Å². The van der Waals surface area contributed by atoms with E-state index in [4.69, 9.17) is 16.3 Å². The third-order valence-corrected chi connectivity index (χ3v) is 2.43. The number of carbonyl (C=O) groups excluding carboxylic acids is 1. The Morgan fingerprint density at radius 3 is 2.89 bits per heavy atom. The van der Waals surface area contributed by atoms with Crippen LogP contribution in [0.4, 0.5) is 0 Å². The number of hydrogen-bond acceptors (Lipinski definition) is 6. The SMILES string of the molecule is CCOC(=O)Cn1c(Cl)nc2nccnc2c1=O. The van der Waals surface area contributed by atoms with E-state index in [0.29, 0.717) is 0 Å². The van der Waals surface area contributed by atoms with Gasteiger partial charge >= 0.3 is 5.97 Å². The number of ether oxygens (including phenoxy) is 1.